The van der Waals surface area contributed by atoms with Crippen LogP contribution < -0.4 is 15.8 Å². The second kappa shape index (κ2) is 6.02. The minimum absolute atomic E-state index is 0.125. The van der Waals surface area contributed by atoms with Crippen molar-refractivity contribution in [3.05, 3.63) is 22.7 Å². The number of rotatable bonds is 2. The maximum Gasteiger partial charge on any atom is 0.217 e. The van der Waals surface area contributed by atoms with Crippen LogP contribution in [0.2, 0.25) is 5.02 Å². The Morgan fingerprint density at radius 2 is 2.29 bits per heavy atom. The Balaban J connectivity index is 2.87. The minimum Gasteiger partial charge on any atom is -0.495 e. The summed E-state index contributed by atoms with van der Waals surface area (Å²) >= 11 is 5.97. The molecule has 5 heteroatoms. The molecular weight excluding hydrogens is 240 g/mol. The van der Waals surface area contributed by atoms with Crippen molar-refractivity contribution in [1.82, 2.24) is 5.32 Å². The summed E-state index contributed by atoms with van der Waals surface area (Å²) in [7, 11) is 1.52. The van der Waals surface area contributed by atoms with Gasteiger partial charge < -0.3 is 15.8 Å². The summed E-state index contributed by atoms with van der Waals surface area (Å²) in [5, 5.41) is 3.02. The van der Waals surface area contributed by atoms with Crippen molar-refractivity contribution < 1.29 is 9.53 Å². The summed E-state index contributed by atoms with van der Waals surface area (Å²) in [5.74, 6) is 6.02. The van der Waals surface area contributed by atoms with E-state index < -0.39 is 0 Å². The quantitative estimate of drug-likeness (QED) is 0.618. The van der Waals surface area contributed by atoms with E-state index in [0.717, 1.165) is 0 Å². The number of methoxy groups -OCH3 is 1. The molecule has 0 aliphatic heterocycles. The second-order valence-corrected chi connectivity index (χ2v) is 3.69. The number of nitrogens with two attached hydrogens (primary N) is 1. The molecule has 1 amide bonds. The number of ether oxygens (including phenoxy) is 1. The molecule has 0 heterocycles. The van der Waals surface area contributed by atoms with Crippen LogP contribution in [0.15, 0.2) is 12.1 Å². The van der Waals surface area contributed by atoms with E-state index in [4.69, 9.17) is 22.1 Å². The Kier molecular flexibility index (Phi) is 4.68. The van der Waals surface area contributed by atoms with Gasteiger partial charge in [0.25, 0.3) is 0 Å². The molecule has 0 fully saturated rings. The molecule has 1 rings (SSSR count). The molecule has 1 aromatic rings. The number of hydrogen-bond donors (Lipinski definition) is 2. The van der Waals surface area contributed by atoms with Crippen LogP contribution in [0, 0.1) is 11.8 Å². The van der Waals surface area contributed by atoms with Gasteiger partial charge in [-0.3, -0.25) is 4.79 Å². The molecule has 0 spiro atoms. The molecule has 0 aliphatic rings. The lowest BCUT2D eigenvalue weighted by molar-refractivity contribution is -0.118. The first-order chi connectivity index (χ1) is 8.04. The second-order valence-electron chi connectivity index (χ2n) is 3.29. The van der Waals surface area contributed by atoms with Gasteiger partial charge in [0.05, 0.1) is 24.4 Å². The number of nitrogens with one attached hydrogen (secondary N) is 1. The zero-order chi connectivity index (χ0) is 12.8. The lowest BCUT2D eigenvalue weighted by Crippen LogP contribution is -2.19. The molecule has 0 unspecified atom stereocenters. The average molecular weight is 253 g/mol. The van der Waals surface area contributed by atoms with E-state index in [1.807, 2.05) is 0 Å². The van der Waals surface area contributed by atoms with Gasteiger partial charge in [-0.25, -0.2) is 0 Å². The van der Waals surface area contributed by atoms with E-state index in [1.165, 1.54) is 14.0 Å². The third-order valence-corrected chi connectivity index (χ3v) is 2.28. The molecule has 4 nitrogen and oxygen atoms in total. The van der Waals surface area contributed by atoms with E-state index in [-0.39, 0.29) is 12.5 Å². The third-order valence-electron chi connectivity index (χ3n) is 1.97. The number of amides is 1. The molecular formula is C12H13ClN2O2. The van der Waals surface area contributed by atoms with Crippen LogP contribution in [-0.2, 0) is 4.79 Å². The SMILES string of the molecule is COc1cc(C#CCNC(C)=O)c(Cl)cc1N. The molecule has 3 N–H and O–H groups in total. The number of carbonyl (C=O) groups is 1. The van der Waals surface area contributed by atoms with Gasteiger partial charge in [0.2, 0.25) is 5.91 Å². The number of carbonyl (C=O) groups excluding carboxylic acids is 1. The predicted molar refractivity (Wildman–Crippen MR) is 68.0 cm³/mol. The van der Waals surface area contributed by atoms with Crippen molar-refractivity contribution >= 4 is 23.2 Å². The van der Waals surface area contributed by atoms with E-state index >= 15 is 0 Å². The third kappa shape index (κ3) is 3.89. The highest BCUT2D eigenvalue weighted by atomic mass is 35.5. The molecule has 0 aromatic heterocycles. The highest BCUT2D eigenvalue weighted by Gasteiger charge is 2.04. The summed E-state index contributed by atoms with van der Waals surface area (Å²) in [6, 6.07) is 3.25. The average Bonchev–Trinajstić information content (AvgIpc) is 2.26. The number of hydrogen-bond acceptors (Lipinski definition) is 3. The number of nitrogen functional groups attached to an aromatic ring is 1. The maximum atomic E-state index is 10.6. The fraction of sp³-hybridized carbons (Fsp3) is 0.250. The number of benzene rings is 1. The van der Waals surface area contributed by atoms with Crippen molar-refractivity contribution in [2.24, 2.45) is 0 Å². The predicted octanol–water partition coefficient (Wildman–Crippen LogP) is 1.42. The smallest absolute Gasteiger partial charge is 0.217 e. The van der Waals surface area contributed by atoms with E-state index in [1.54, 1.807) is 12.1 Å². The Bertz CT molecular complexity index is 489. The normalized spacial score (nSPS) is 9.12. The topological polar surface area (TPSA) is 64.3 Å². The monoisotopic (exact) mass is 252 g/mol. The lowest BCUT2D eigenvalue weighted by Gasteiger charge is -2.05. The summed E-state index contributed by atoms with van der Waals surface area (Å²) in [6.45, 7) is 1.71. The van der Waals surface area contributed by atoms with Crippen molar-refractivity contribution in [2.75, 3.05) is 19.4 Å². The van der Waals surface area contributed by atoms with E-state index in [2.05, 4.69) is 17.2 Å². The first kappa shape index (κ1) is 13.2. The van der Waals surface area contributed by atoms with Crippen LogP contribution in [0.5, 0.6) is 5.75 Å². The fourth-order valence-corrected chi connectivity index (χ4v) is 1.37. The summed E-state index contributed by atoms with van der Waals surface area (Å²) in [4.78, 5) is 10.6. The van der Waals surface area contributed by atoms with E-state index in [0.29, 0.717) is 22.0 Å². The van der Waals surface area contributed by atoms with Gasteiger partial charge in [0.1, 0.15) is 5.75 Å². The van der Waals surface area contributed by atoms with Gasteiger partial charge in [0, 0.05) is 12.5 Å². The zero-order valence-corrected chi connectivity index (χ0v) is 10.4. The van der Waals surface area contributed by atoms with Crippen LogP contribution in [0.25, 0.3) is 0 Å². The molecule has 0 bridgehead atoms. The summed E-state index contributed by atoms with van der Waals surface area (Å²) in [6.07, 6.45) is 0. The molecule has 0 radical (unpaired) electrons. The molecule has 0 saturated heterocycles. The number of anilines is 1. The van der Waals surface area contributed by atoms with Crippen molar-refractivity contribution in [3.8, 4) is 17.6 Å². The van der Waals surface area contributed by atoms with Crippen molar-refractivity contribution in [2.45, 2.75) is 6.92 Å². The first-order valence-corrected chi connectivity index (χ1v) is 5.28. The standard InChI is InChI=1S/C12H13ClN2O2/c1-8(16)15-5-3-4-9-6-12(17-2)11(14)7-10(9)13/h6-7H,5,14H2,1-2H3,(H,15,16). The maximum absolute atomic E-state index is 10.6. The molecule has 1 aromatic carbocycles. The molecule has 0 saturated carbocycles. The number of halogens is 1. The Hall–Kier alpha value is -1.86. The van der Waals surface area contributed by atoms with Gasteiger partial charge in [-0.2, -0.15) is 0 Å². The van der Waals surface area contributed by atoms with Gasteiger partial charge in [-0.1, -0.05) is 23.4 Å². The minimum atomic E-state index is -0.125. The molecule has 17 heavy (non-hydrogen) atoms. The van der Waals surface area contributed by atoms with Crippen molar-refractivity contribution in [3.63, 3.8) is 0 Å². The highest BCUT2D eigenvalue weighted by molar-refractivity contribution is 6.32. The largest absolute Gasteiger partial charge is 0.495 e. The van der Waals surface area contributed by atoms with Crippen molar-refractivity contribution in [1.29, 1.82) is 0 Å². The van der Waals surface area contributed by atoms with Crippen LogP contribution in [0.4, 0.5) is 5.69 Å². The van der Waals surface area contributed by atoms with E-state index in [9.17, 15) is 4.79 Å². The van der Waals surface area contributed by atoms with Crippen LogP contribution >= 0.6 is 11.6 Å². The Morgan fingerprint density at radius 1 is 1.59 bits per heavy atom. The summed E-state index contributed by atoms with van der Waals surface area (Å²) < 4.78 is 5.06. The van der Waals surface area contributed by atoms with Gasteiger partial charge >= 0.3 is 0 Å². The molecule has 0 atom stereocenters. The molecule has 0 aliphatic carbocycles. The first-order valence-electron chi connectivity index (χ1n) is 4.91. The van der Waals surface area contributed by atoms with Gasteiger partial charge in [0.15, 0.2) is 0 Å². The van der Waals surface area contributed by atoms with Crippen LogP contribution in [-0.4, -0.2) is 19.6 Å². The Morgan fingerprint density at radius 3 is 2.88 bits per heavy atom. The van der Waals surface area contributed by atoms with Gasteiger partial charge in [-0.05, 0) is 12.1 Å². The lowest BCUT2D eigenvalue weighted by atomic mass is 10.2. The van der Waals surface area contributed by atoms with Gasteiger partial charge in [-0.15, -0.1) is 0 Å². The van der Waals surface area contributed by atoms with Crippen LogP contribution in [0.1, 0.15) is 12.5 Å². The fourth-order valence-electron chi connectivity index (χ4n) is 1.15. The Labute approximate surface area is 105 Å². The highest BCUT2D eigenvalue weighted by Crippen LogP contribution is 2.28. The summed E-state index contributed by atoms with van der Waals surface area (Å²) in [5.41, 5.74) is 6.76. The molecule has 90 valence electrons. The zero-order valence-electron chi connectivity index (χ0n) is 9.63. The van der Waals surface area contributed by atoms with Crippen LogP contribution in [0.3, 0.4) is 0 Å².